The summed E-state index contributed by atoms with van der Waals surface area (Å²) in [6, 6.07) is 10.3. The summed E-state index contributed by atoms with van der Waals surface area (Å²) in [5.74, 6) is -0.0505. The van der Waals surface area contributed by atoms with Crippen LogP contribution in [0.15, 0.2) is 30.3 Å². The summed E-state index contributed by atoms with van der Waals surface area (Å²) in [5.41, 5.74) is 1.34. The minimum absolute atomic E-state index is 0.0380. The summed E-state index contributed by atoms with van der Waals surface area (Å²) in [6.45, 7) is 3.51. The Labute approximate surface area is 125 Å². The van der Waals surface area contributed by atoms with Crippen LogP contribution < -0.4 is 0 Å². The van der Waals surface area contributed by atoms with Gasteiger partial charge in [0, 0.05) is 12.5 Å². The maximum absolute atomic E-state index is 12.2. The van der Waals surface area contributed by atoms with Crippen LogP contribution in [0.3, 0.4) is 0 Å². The van der Waals surface area contributed by atoms with Gasteiger partial charge < -0.3 is 10.0 Å². The molecular formula is C17H23NO3. The fourth-order valence-corrected chi connectivity index (χ4v) is 2.97. The van der Waals surface area contributed by atoms with Crippen LogP contribution in [0.25, 0.3) is 0 Å². The number of amides is 1. The van der Waals surface area contributed by atoms with Crippen molar-refractivity contribution in [3.63, 3.8) is 0 Å². The molecule has 0 aromatic heterocycles. The van der Waals surface area contributed by atoms with Gasteiger partial charge in [0.05, 0.1) is 0 Å². The van der Waals surface area contributed by atoms with E-state index in [0.29, 0.717) is 18.3 Å². The first kappa shape index (κ1) is 15.5. The van der Waals surface area contributed by atoms with Crippen molar-refractivity contribution in [1.29, 1.82) is 0 Å². The highest BCUT2D eigenvalue weighted by molar-refractivity contribution is 5.81. The molecule has 1 aliphatic carbocycles. The van der Waals surface area contributed by atoms with Crippen LogP contribution in [-0.2, 0) is 9.59 Å². The Kier molecular flexibility index (Phi) is 4.99. The third-order valence-corrected chi connectivity index (χ3v) is 4.22. The smallest absolute Gasteiger partial charge is 0.323 e. The lowest BCUT2D eigenvalue weighted by molar-refractivity contribution is -0.146. The Hall–Kier alpha value is -1.84. The molecule has 1 aromatic rings. The van der Waals surface area contributed by atoms with Gasteiger partial charge in [0.1, 0.15) is 6.54 Å². The zero-order valence-corrected chi connectivity index (χ0v) is 12.7. The second-order valence-electron chi connectivity index (χ2n) is 6.16. The largest absolute Gasteiger partial charge is 0.480 e. The lowest BCUT2D eigenvalue weighted by atomic mass is 9.70. The van der Waals surface area contributed by atoms with Crippen LogP contribution in [0.4, 0.5) is 0 Å². The molecule has 114 valence electrons. The minimum atomic E-state index is -0.951. The minimum Gasteiger partial charge on any atom is -0.480 e. The molecular weight excluding hydrogens is 266 g/mol. The summed E-state index contributed by atoms with van der Waals surface area (Å²) in [4.78, 5) is 24.5. The van der Waals surface area contributed by atoms with Crippen molar-refractivity contribution in [1.82, 2.24) is 4.90 Å². The van der Waals surface area contributed by atoms with Crippen molar-refractivity contribution in [3.8, 4) is 0 Å². The highest BCUT2D eigenvalue weighted by Gasteiger charge is 2.33. The summed E-state index contributed by atoms with van der Waals surface area (Å²) >= 11 is 0. The van der Waals surface area contributed by atoms with Gasteiger partial charge in [-0.05, 0) is 44.1 Å². The number of benzene rings is 1. The highest BCUT2D eigenvalue weighted by atomic mass is 16.4. The predicted molar refractivity (Wildman–Crippen MR) is 81.0 cm³/mol. The Morgan fingerprint density at radius 1 is 1.24 bits per heavy atom. The molecule has 4 heteroatoms. The Bertz CT molecular complexity index is 492. The molecule has 1 N–H and O–H groups in total. The quantitative estimate of drug-likeness (QED) is 0.876. The first-order valence-corrected chi connectivity index (χ1v) is 7.53. The zero-order valence-electron chi connectivity index (χ0n) is 12.7. The van der Waals surface area contributed by atoms with Gasteiger partial charge in [-0.2, -0.15) is 0 Å². The highest BCUT2D eigenvalue weighted by Crippen LogP contribution is 2.43. The number of nitrogens with zero attached hydrogens (tertiary/aromatic N) is 1. The number of aliphatic carboxylic acids is 1. The first-order valence-electron chi connectivity index (χ1n) is 7.53. The van der Waals surface area contributed by atoms with Crippen LogP contribution in [0.1, 0.15) is 44.6 Å². The number of hydrogen-bond acceptors (Lipinski definition) is 2. The van der Waals surface area contributed by atoms with Crippen LogP contribution in [0, 0.1) is 5.92 Å². The van der Waals surface area contributed by atoms with Gasteiger partial charge >= 0.3 is 5.97 Å². The van der Waals surface area contributed by atoms with Gasteiger partial charge in [-0.25, -0.2) is 0 Å². The molecule has 0 unspecified atom stereocenters. The summed E-state index contributed by atoms with van der Waals surface area (Å²) in [7, 11) is 0. The van der Waals surface area contributed by atoms with Gasteiger partial charge in [-0.1, -0.05) is 30.3 Å². The van der Waals surface area contributed by atoms with Crippen molar-refractivity contribution in [2.24, 2.45) is 5.92 Å². The zero-order chi connectivity index (χ0) is 15.4. The monoisotopic (exact) mass is 289 g/mol. The van der Waals surface area contributed by atoms with Crippen molar-refractivity contribution < 1.29 is 14.7 Å². The fraction of sp³-hybridized carbons (Fsp3) is 0.529. The number of hydrogen-bond donors (Lipinski definition) is 1. The molecule has 1 amide bonds. The normalized spacial score (nSPS) is 20.9. The molecule has 0 saturated heterocycles. The fourth-order valence-electron chi connectivity index (χ4n) is 2.97. The molecule has 1 aliphatic rings. The van der Waals surface area contributed by atoms with E-state index in [-0.39, 0.29) is 18.5 Å². The molecule has 21 heavy (non-hydrogen) atoms. The summed E-state index contributed by atoms with van der Waals surface area (Å²) < 4.78 is 0. The maximum Gasteiger partial charge on any atom is 0.323 e. The van der Waals surface area contributed by atoms with Crippen LogP contribution in [-0.4, -0.2) is 34.5 Å². The molecule has 0 radical (unpaired) electrons. The molecule has 0 spiro atoms. The molecule has 0 heterocycles. The van der Waals surface area contributed by atoms with Gasteiger partial charge in [0.15, 0.2) is 0 Å². The van der Waals surface area contributed by atoms with Gasteiger partial charge in [0.2, 0.25) is 5.91 Å². The van der Waals surface area contributed by atoms with Crippen molar-refractivity contribution >= 4 is 11.9 Å². The number of rotatable bonds is 6. The third-order valence-electron chi connectivity index (χ3n) is 4.22. The molecule has 4 nitrogen and oxygen atoms in total. The van der Waals surface area contributed by atoms with Crippen LogP contribution in [0.5, 0.6) is 0 Å². The van der Waals surface area contributed by atoms with E-state index in [1.807, 2.05) is 32.0 Å². The molecule has 0 aliphatic heterocycles. The standard InChI is InChI=1S/C17H23NO3/c1-12(2)18(11-17(20)21)16(19)10-13-8-15(9-13)14-6-4-3-5-7-14/h3-7,12-13,15H,8-11H2,1-2H3,(H,20,21). The van der Waals surface area contributed by atoms with E-state index in [2.05, 4.69) is 12.1 Å². The molecule has 1 fully saturated rings. The number of carbonyl (C=O) groups is 2. The topological polar surface area (TPSA) is 57.6 Å². The SMILES string of the molecule is CC(C)N(CC(=O)O)C(=O)CC1CC(c2ccccc2)C1. The average Bonchev–Trinajstić information content (AvgIpc) is 2.40. The maximum atomic E-state index is 12.2. The Morgan fingerprint density at radius 2 is 1.86 bits per heavy atom. The Morgan fingerprint density at radius 3 is 2.38 bits per heavy atom. The second-order valence-corrected chi connectivity index (χ2v) is 6.16. The predicted octanol–water partition coefficient (Wildman–Crippen LogP) is 2.89. The lowest BCUT2D eigenvalue weighted by Crippen LogP contribution is -2.42. The van der Waals surface area contributed by atoms with Gasteiger partial charge in [-0.15, -0.1) is 0 Å². The van der Waals surface area contributed by atoms with E-state index in [4.69, 9.17) is 5.11 Å². The number of carboxylic acid groups (broad SMARTS) is 1. The third kappa shape index (κ3) is 4.06. The van der Waals surface area contributed by atoms with Crippen molar-refractivity contribution in [2.45, 2.75) is 45.1 Å². The summed E-state index contributed by atoms with van der Waals surface area (Å²) in [6.07, 6.45) is 2.51. The molecule has 1 saturated carbocycles. The van der Waals surface area contributed by atoms with Crippen LogP contribution >= 0.6 is 0 Å². The van der Waals surface area contributed by atoms with Crippen molar-refractivity contribution in [2.75, 3.05) is 6.54 Å². The number of carboxylic acids is 1. The molecule has 0 bridgehead atoms. The van der Waals surface area contributed by atoms with E-state index >= 15 is 0 Å². The van der Waals surface area contributed by atoms with E-state index in [1.54, 1.807) is 0 Å². The van der Waals surface area contributed by atoms with E-state index in [9.17, 15) is 9.59 Å². The Balaban J connectivity index is 1.83. The summed E-state index contributed by atoms with van der Waals surface area (Å²) in [5, 5.41) is 8.88. The molecule has 0 atom stereocenters. The first-order chi connectivity index (χ1) is 9.97. The van der Waals surface area contributed by atoms with E-state index in [1.165, 1.54) is 10.5 Å². The second kappa shape index (κ2) is 6.74. The lowest BCUT2D eigenvalue weighted by Gasteiger charge is -2.37. The van der Waals surface area contributed by atoms with Gasteiger partial charge in [-0.3, -0.25) is 9.59 Å². The van der Waals surface area contributed by atoms with E-state index in [0.717, 1.165) is 12.8 Å². The van der Waals surface area contributed by atoms with Gasteiger partial charge in [0.25, 0.3) is 0 Å². The molecule has 2 rings (SSSR count). The average molecular weight is 289 g/mol. The molecule has 1 aromatic carbocycles. The van der Waals surface area contributed by atoms with Crippen LogP contribution in [0.2, 0.25) is 0 Å². The van der Waals surface area contributed by atoms with E-state index < -0.39 is 5.97 Å². The van der Waals surface area contributed by atoms with Crippen molar-refractivity contribution in [3.05, 3.63) is 35.9 Å². The number of carbonyl (C=O) groups excluding carboxylic acids is 1.